The smallest absolute Gasteiger partial charge is 0.251 e. The number of aromatic nitrogens is 2. The molecule has 0 unspecified atom stereocenters. The van der Waals surface area contributed by atoms with Gasteiger partial charge in [0.2, 0.25) is 21.8 Å². The summed E-state index contributed by atoms with van der Waals surface area (Å²) < 4.78 is 32.2. The standard InChI is InChI=1S/C18H18N4O4S/c1-13-7-9-15(10-8-13)27(24,25)20-12-17-22-21-16(26-17)11-19-18(23)14-5-3-2-4-6-14/h2-10,20H,11-12H2,1H3,(H,19,23). The van der Waals surface area contributed by atoms with Gasteiger partial charge in [0.1, 0.15) is 0 Å². The number of aryl methyl sites for hydroxylation is 1. The molecule has 0 radical (unpaired) electrons. The first-order chi connectivity index (χ1) is 12.9. The highest BCUT2D eigenvalue weighted by molar-refractivity contribution is 7.89. The number of benzene rings is 2. The number of rotatable bonds is 7. The van der Waals surface area contributed by atoms with Crippen molar-refractivity contribution in [2.24, 2.45) is 0 Å². The van der Waals surface area contributed by atoms with Crippen molar-refractivity contribution in [1.82, 2.24) is 20.2 Å². The van der Waals surface area contributed by atoms with E-state index in [9.17, 15) is 13.2 Å². The Bertz CT molecular complexity index is 1020. The van der Waals surface area contributed by atoms with E-state index >= 15 is 0 Å². The van der Waals surface area contributed by atoms with Gasteiger partial charge < -0.3 is 9.73 Å². The van der Waals surface area contributed by atoms with Gasteiger partial charge in [0, 0.05) is 5.56 Å². The van der Waals surface area contributed by atoms with Gasteiger partial charge in [-0.1, -0.05) is 35.9 Å². The van der Waals surface area contributed by atoms with Gasteiger partial charge in [-0.2, -0.15) is 0 Å². The third kappa shape index (κ3) is 4.99. The fraction of sp³-hybridized carbons (Fsp3) is 0.167. The second-order valence-corrected chi connectivity index (χ2v) is 7.54. The van der Waals surface area contributed by atoms with Gasteiger partial charge in [-0.15, -0.1) is 10.2 Å². The molecule has 0 saturated heterocycles. The summed E-state index contributed by atoms with van der Waals surface area (Å²) in [4.78, 5) is 12.1. The SMILES string of the molecule is Cc1ccc(S(=O)(=O)NCc2nnc(CNC(=O)c3ccccc3)o2)cc1. The minimum atomic E-state index is -3.68. The quantitative estimate of drug-likeness (QED) is 0.640. The normalized spacial score (nSPS) is 11.3. The first kappa shape index (κ1) is 18.7. The summed E-state index contributed by atoms with van der Waals surface area (Å²) in [6.07, 6.45) is 0. The highest BCUT2D eigenvalue weighted by Gasteiger charge is 2.16. The number of hydrogen-bond donors (Lipinski definition) is 2. The third-order valence-electron chi connectivity index (χ3n) is 3.69. The van der Waals surface area contributed by atoms with Gasteiger partial charge >= 0.3 is 0 Å². The second-order valence-electron chi connectivity index (χ2n) is 5.78. The lowest BCUT2D eigenvalue weighted by Gasteiger charge is -2.05. The van der Waals surface area contributed by atoms with Crippen LogP contribution in [0, 0.1) is 6.92 Å². The van der Waals surface area contributed by atoms with E-state index in [0.29, 0.717) is 5.56 Å². The molecule has 9 heteroatoms. The lowest BCUT2D eigenvalue weighted by atomic mass is 10.2. The number of amides is 1. The van der Waals surface area contributed by atoms with Gasteiger partial charge in [-0.05, 0) is 31.2 Å². The molecule has 0 fully saturated rings. The molecule has 140 valence electrons. The van der Waals surface area contributed by atoms with Crippen LogP contribution in [0.4, 0.5) is 0 Å². The van der Waals surface area contributed by atoms with Crippen LogP contribution < -0.4 is 10.0 Å². The van der Waals surface area contributed by atoms with Gasteiger partial charge in [0.15, 0.2) is 0 Å². The lowest BCUT2D eigenvalue weighted by Crippen LogP contribution is -2.23. The summed E-state index contributed by atoms with van der Waals surface area (Å²) >= 11 is 0. The summed E-state index contributed by atoms with van der Waals surface area (Å²) in [5.41, 5.74) is 1.48. The molecule has 27 heavy (non-hydrogen) atoms. The molecule has 0 saturated carbocycles. The van der Waals surface area contributed by atoms with Crippen LogP contribution in [0.25, 0.3) is 0 Å². The average Bonchev–Trinajstić information content (AvgIpc) is 3.14. The zero-order valence-electron chi connectivity index (χ0n) is 14.5. The number of carbonyl (C=O) groups excluding carboxylic acids is 1. The first-order valence-electron chi connectivity index (χ1n) is 8.15. The highest BCUT2D eigenvalue weighted by atomic mass is 32.2. The van der Waals surface area contributed by atoms with E-state index in [1.54, 1.807) is 36.4 Å². The van der Waals surface area contributed by atoms with E-state index in [4.69, 9.17) is 4.42 Å². The van der Waals surface area contributed by atoms with Gasteiger partial charge in [-0.25, -0.2) is 13.1 Å². The molecule has 1 heterocycles. The van der Waals surface area contributed by atoms with Crippen LogP contribution in [-0.2, 0) is 23.1 Å². The van der Waals surface area contributed by atoms with Gasteiger partial charge in [0.05, 0.1) is 18.0 Å². The van der Waals surface area contributed by atoms with Crippen molar-refractivity contribution < 1.29 is 17.6 Å². The average molecular weight is 386 g/mol. The molecule has 0 aliphatic carbocycles. The topological polar surface area (TPSA) is 114 Å². The van der Waals surface area contributed by atoms with Gasteiger partial charge in [0.25, 0.3) is 5.91 Å². The van der Waals surface area contributed by atoms with Crippen molar-refractivity contribution in [3.63, 3.8) is 0 Å². The lowest BCUT2D eigenvalue weighted by molar-refractivity contribution is 0.0947. The largest absolute Gasteiger partial charge is 0.422 e. The predicted octanol–water partition coefficient (Wildman–Crippen LogP) is 1.79. The summed E-state index contributed by atoms with van der Waals surface area (Å²) in [7, 11) is -3.68. The monoisotopic (exact) mass is 386 g/mol. The first-order valence-corrected chi connectivity index (χ1v) is 9.63. The van der Waals surface area contributed by atoms with Crippen molar-refractivity contribution in [3.8, 4) is 0 Å². The Morgan fingerprint density at radius 3 is 2.26 bits per heavy atom. The molecule has 3 aromatic rings. The predicted molar refractivity (Wildman–Crippen MR) is 97.1 cm³/mol. The van der Waals surface area contributed by atoms with E-state index < -0.39 is 10.0 Å². The molecule has 0 aliphatic rings. The van der Waals surface area contributed by atoms with Crippen LogP contribution in [-0.4, -0.2) is 24.5 Å². The Labute approximate surface area is 156 Å². The molecule has 1 aromatic heterocycles. The van der Waals surface area contributed by atoms with Crippen LogP contribution in [0.1, 0.15) is 27.7 Å². The van der Waals surface area contributed by atoms with Crippen molar-refractivity contribution >= 4 is 15.9 Å². The molecule has 2 N–H and O–H groups in total. The van der Waals surface area contributed by atoms with Crippen molar-refractivity contribution in [2.75, 3.05) is 0 Å². The summed E-state index contributed by atoms with van der Waals surface area (Å²) in [6.45, 7) is 1.78. The summed E-state index contributed by atoms with van der Waals surface area (Å²) in [5.74, 6) is 0.0221. The zero-order chi connectivity index (χ0) is 19.3. The van der Waals surface area contributed by atoms with Crippen LogP contribution >= 0.6 is 0 Å². The maximum atomic E-state index is 12.2. The molecule has 1 amide bonds. The molecule has 2 aromatic carbocycles. The molecule has 8 nitrogen and oxygen atoms in total. The van der Waals surface area contributed by atoms with Crippen LogP contribution in [0.5, 0.6) is 0 Å². The minimum absolute atomic E-state index is 0.0471. The number of nitrogens with zero attached hydrogens (tertiary/aromatic N) is 2. The summed E-state index contributed by atoms with van der Waals surface area (Å²) in [6, 6.07) is 15.2. The van der Waals surface area contributed by atoms with Gasteiger partial charge in [-0.3, -0.25) is 4.79 Å². The van der Waals surface area contributed by atoms with E-state index in [1.165, 1.54) is 12.1 Å². The van der Waals surface area contributed by atoms with Crippen LogP contribution in [0.3, 0.4) is 0 Å². The molecule has 0 spiro atoms. The van der Waals surface area contributed by atoms with Crippen molar-refractivity contribution in [2.45, 2.75) is 24.9 Å². The van der Waals surface area contributed by atoms with E-state index in [2.05, 4.69) is 20.2 Å². The molecular weight excluding hydrogens is 368 g/mol. The van der Waals surface area contributed by atoms with Crippen LogP contribution in [0.2, 0.25) is 0 Å². The molecule has 0 atom stereocenters. The molecule has 3 rings (SSSR count). The Morgan fingerprint density at radius 2 is 1.59 bits per heavy atom. The van der Waals surface area contributed by atoms with Crippen molar-refractivity contribution in [3.05, 3.63) is 77.5 Å². The zero-order valence-corrected chi connectivity index (χ0v) is 15.4. The Hall–Kier alpha value is -3.04. The number of nitrogens with one attached hydrogen (secondary N) is 2. The Kier molecular flexibility index (Phi) is 5.63. The maximum Gasteiger partial charge on any atom is 0.251 e. The minimum Gasteiger partial charge on any atom is -0.422 e. The Balaban J connectivity index is 1.55. The highest BCUT2D eigenvalue weighted by Crippen LogP contribution is 2.10. The molecular formula is C18H18N4O4S. The third-order valence-corrected chi connectivity index (χ3v) is 5.11. The summed E-state index contributed by atoms with van der Waals surface area (Å²) in [5, 5.41) is 10.2. The van der Waals surface area contributed by atoms with Crippen LogP contribution in [0.15, 0.2) is 63.9 Å². The maximum absolute atomic E-state index is 12.2. The van der Waals surface area contributed by atoms with E-state index in [-0.39, 0.29) is 35.7 Å². The number of sulfonamides is 1. The fourth-order valence-corrected chi connectivity index (χ4v) is 3.21. The fourth-order valence-electron chi connectivity index (χ4n) is 2.24. The molecule has 0 aliphatic heterocycles. The van der Waals surface area contributed by atoms with Crippen molar-refractivity contribution in [1.29, 1.82) is 0 Å². The van der Waals surface area contributed by atoms with E-state index in [0.717, 1.165) is 5.56 Å². The molecule has 0 bridgehead atoms. The number of hydrogen-bond acceptors (Lipinski definition) is 6. The van der Waals surface area contributed by atoms with E-state index in [1.807, 2.05) is 13.0 Å². The Morgan fingerprint density at radius 1 is 0.963 bits per heavy atom. The second kappa shape index (κ2) is 8.11. The number of carbonyl (C=O) groups is 1.